The van der Waals surface area contributed by atoms with Crippen molar-refractivity contribution in [2.45, 2.75) is 20.8 Å². The van der Waals surface area contributed by atoms with Gasteiger partial charge in [-0.15, -0.1) is 0 Å². The standard InChI is InChI=1S/C19H18ClN3O2/c1-12-8-13(2)19(16(20)9-12)23(14(3)24)11-18(25)22-17-7-5-4-6-15(17)10-21/h4-9H,11H2,1-3H3,(H,22,25). The van der Waals surface area contributed by atoms with E-state index >= 15 is 0 Å². The second-order valence-corrected chi connectivity index (χ2v) is 6.13. The van der Waals surface area contributed by atoms with Gasteiger partial charge in [0.15, 0.2) is 0 Å². The number of amides is 2. The Morgan fingerprint density at radius 1 is 1.24 bits per heavy atom. The number of carbonyl (C=O) groups excluding carboxylic acids is 2. The maximum absolute atomic E-state index is 12.4. The molecule has 2 rings (SSSR count). The minimum Gasteiger partial charge on any atom is -0.323 e. The van der Waals surface area contributed by atoms with E-state index in [9.17, 15) is 9.59 Å². The van der Waals surface area contributed by atoms with Gasteiger partial charge in [-0.2, -0.15) is 5.26 Å². The van der Waals surface area contributed by atoms with Gasteiger partial charge in [0, 0.05) is 6.92 Å². The molecule has 0 atom stereocenters. The van der Waals surface area contributed by atoms with Crippen LogP contribution in [0.3, 0.4) is 0 Å². The van der Waals surface area contributed by atoms with Gasteiger partial charge in [0.1, 0.15) is 12.6 Å². The van der Waals surface area contributed by atoms with Crippen molar-refractivity contribution < 1.29 is 9.59 Å². The summed E-state index contributed by atoms with van der Waals surface area (Å²) in [6.07, 6.45) is 0. The molecule has 0 fully saturated rings. The van der Waals surface area contributed by atoms with Gasteiger partial charge in [0.2, 0.25) is 11.8 Å². The van der Waals surface area contributed by atoms with Gasteiger partial charge in [-0.1, -0.05) is 29.8 Å². The van der Waals surface area contributed by atoms with Crippen LogP contribution in [0.2, 0.25) is 5.02 Å². The summed E-state index contributed by atoms with van der Waals surface area (Å²) in [6.45, 7) is 4.93. The van der Waals surface area contributed by atoms with Crippen LogP contribution in [0, 0.1) is 25.2 Å². The summed E-state index contributed by atoms with van der Waals surface area (Å²) >= 11 is 6.30. The van der Waals surface area contributed by atoms with Crippen LogP contribution in [0.4, 0.5) is 11.4 Å². The van der Waals surface area contributed by atoms with Crippen molar-refractivity contribution in [2.24, 2.45) is 0 Å². The molecule has 0 aliphatic carbocycles. The van der Waals surface area contributed by atoms with E-state index in [1.54, 1.807) is 30.3 Å². The molecule has 5 nitrogen and oxygen atoms in total. The van der Waals surface area contributed by atoms with Crippen molar-refractivity contribution in [2.75, 3.05) is 16.8 Å². The fourth-order valence-electron chi connectivity index (χ4n) is 2.62. The average Bonchev–Trinajstić information content (AvgIpc) is 2.53. The van der Waals surface area contributed by atoms with Crippen molar-refractivity contribution in [1.29, 1.82) is 5.26 Å². The Morgan fingerprint density at radius 2 is 1.92 bits per heavy atom. The second kappa shape index (κ2) is 7.82. The molecular weight excluding hydrogens is 338 g/mol. The van der Waals surface area contributed by atoms with Gasteiger partial charge in [-0.3, -0.25) is 9.59 Å². The number of carbonyl (C=O) groups is 2. The molecule has 6 heteroatoms. The zero-order chi connectivity index (χ0) is 18.6. The molecule has 2 aromatic rings. The topological polar surface area (TPSA) is 73.2 Å². The molecule has 2 amide bonds. The van der Waals surface area contributed by atoms with E-state index in [0.717, 1.165) is 11.1 Å². The zero-order valence-electron chi connectivity index (χ0n) is 14.3. The lowest BCUT2D eigenvalue weighted by molar-refractivity contribution is -0.120. The minimum atomic E-state index is -0.408. The number of halogens is 1. The molecule has 0 aromatic heterocycles. The van der Waals surface area contributed by atoms with Crippen LogP contribution < -0.4 is 10.2 Å². The monoisotopic (exact) mass is 355 g/mol. The minimum absolute atomic E-state index is 0.196. The molecule has 0 bridgehead atoms. The number of benzene rings is 2. The Bertz CT molecular complexity index is 848. The molecule has 0 aliphatic rings. The Labute approximate surface area is 151 Å². The van der Waals surface area contributed by atoms with Crippen LogP contribution in [-0.2, 0) is 9.59 Å². The second-order valence-electron chi connectivity index (χ2n) is 5.72. The fraction of sp³-hybridized carbons (Fsp3) is 0.211. The zero-order valence-corrected chi connectivity index (χ0v) is 15.0. The summed E-state index contributed by atoms with van der Waals surface area (Å²) in [5.74, 6) is -0.702. The predicted octanol–water partition coefficient (Wildman–Crippen LogP) is 3.82. The van der Waals surface area contributed by atoms with Gasteiger partial charge < -0.3 is 10.2 Å². The molecule has 25 heavy (non-hydrogen) atoms. The highest BCUT2D eigenvalue weighted by Gasteiger charge is 2.21. The first-order chi connectivity index (χ1) is 11.8. The Hall–Kier alpha value is -2.84. The van der Waals surface area contributed by atoms with Gasteiger partial charge in [0.25, 0.3) is 0 Å². The summed E-state index contributed by atoms with van der Waals surface area (Å²) in [5.41, 5.74) is 3.07. The molecule has 0 unspecified atom stereocenters. The van der Waals surface area contributed by atoms with E-state index in [1.807, 2.05) is 26.0 Å². The molecule has 0 aliphatic heterocycles. The highest BCUT2D eigenvalue weighted by molar-refractivity contribution is 6.34. The summed E-state index contributed by atoms with van der Waals surface area (Å²) in [4.78, 5) is 25.8. The van der Waals surface area contributed by atoms with Crippen LogP contribution >= 0.6 is 11.6 Å². The molecule has 2 aromatic carbocycles. The molecule has 128 valence electrons. The van der Waals surface area contributed by atoms with E-state index in [0.29, 0.717) is 22.0 Å². The van der Waals surface area contributed by atoms with Gasteiger partial charge in [-0.05, 0) is 43.2 Å². The van der Waals surface area contributed by atoms with Crippen LogP contribution in [-0.4, -0.2) is 18.4 Å². The Balaban J connectivity index is 2.27. The van der Waals surface area contributed by atoms with Crippen LogP contribution in [0.1, 0.15) is 23.6 Å². The fourth-order valence-corrected chi connectivity index (χ4v) is 3.04. The molecule has 0 radical (unpaired) electrons. The van der Waals surface area contributed by atoms with Gasteiger partial charge in [0.05, 0.1) is 22.0 Å². The van der Waals surface area contributed by atoms with E-state index in [-0.39, 0.29) is 12.5 Å². The number of para-hydroxylation sites is 1. The lowest BCUT2D eigenvalue weighted by Crippen LogP contribution is -2.37. The third-order valence-corrected chi connectivity index (χ3v) is 3.96. The Morgan fingerprint density at radius 3 is 2.52 bits per heavy atom. The van der Waals surface area contributed by atoms with Crippen LogP contribution in [0.15, 0.2) is 36.4 Å². The highest BCUT2D eigenvalue weighted by atomic mass is 35.5. The molecule has 1 N–H and O–H groups in total. The third-order valence-electron chi connectivity index (χ3n) is 3.67. The molecule has 0 spiro atoms. The normalized spacial score (nSPS) is 10.0. The number of hydrogen-bond donors (Lipinski definition) is 1. The first-order valence-electron chi connectivity index (χ1n) is 7.67. The maximum atomic E-state index is 12.4. The number of nitrogens with zero attached hydrogens (tertiary/aromatic N) is 2. The lowest BCUT2D eigenvalue weighted by atomic mass is 10.1. The van der Waals surface area contributed by atoms with Crippen molar-refractivity contribution in [3.63, 3.8) is 0 Å². The number of aryl methyl sites for hydroxylation is 2. The van der Waals surface area contributed by atoms with E-state index in [2.05, 4.69) is 5.32 Å². The molecule has 0 heterocycles. The summed E-state index contributed by atoms with van der Waals surface area (Å²) < 4.78 is 0. The SMILES string of the molecule is CC(=O)N(CC(=O)Nc1ccccc1C#N)c1c(C)cc(C)cc1Cl. The molecular formula is C19H18ClN3O2. The molecule has 0 saturated carbocycles. The van der Waals surface area contributed by atoms with Crippen molar-refractivity contribution in [3.05, 3.63) is 58.1 Å². The maximum Gasteiger partial charge on any atom is 0.244 e. The Kier molecular flexibility index (Phi) is 5.79. The van der Waals surface area contributed by atoms with E-state index in [4.69, 9.17) is 16.9 Å². The summed E-state index contributed by atoms with van der Waals surface area (Å²) in [7, 11) is 0. The smallest absolute Gasteiger partial charge is 0.244 e. The van der Waals surface area contributed by atoms with Gasteiger partial charge >= 0.3 is 0 Å². The average molecular weight is 356 g/mol. The third kappa shape index (κ3) is 4.37. The van der Waals surface area contributed by atoms with Crippen LogP contribution in [0.25, 0.3) is 0 Å². The lowest BCUT2D eigenvalue weighted by Gasteiger charge is -2.24. The van der Waals surface area contributed by atoms with Crippen molar-refractivity contribution >= 4 is 34.8 Å². The molecule has 0 saturated heterocycles. The van der Waals surface area contributed by atoms with Crippen LogP contribution in [0.5, 0.6) is 0 Å². The number of rotatable bonds is 4. The number of nitriles is 1. The predicted molar refractivity (Wildman–Crippen MR) is 98.7 cm³/mol. The number of nitrogens with one attached hydrogen (secondary N) is 1. The first-order valence-corrected chi connectivity index (χ1v) is 8.05. The van der Waals surface area contributed by atoms with Crippen molar-refractivity contribution in [1.82, 2.24) is 0 Å². The number of anilines is 2. The first kappa shape index (κ1) is 18.5. The van der Waals surface area contributed by atoms with E-state index in [1.165, 1.54) is 11.8 Å². The van der Waals surface area contributed by atoms with E-state index < -0.39 is 5.91 Å². The summed E-state index contributed by atoms with van der Waals surface area (Å²) in [5, 5.41) is 12.2. The quantitative estimate of drug-likeness (QED) is 0.906. The van der Waals surface area contributed by atoms with Crippen molar-refractivity contribution in [3.8, 4) is 6.07 Å². The number of hydrogen-bond acceptors (Lipinski definition) is 3. The highest BCUT2D eigenvalue weighted by Crippen LogP contribution is 2.31. The van der Waals surface area contributed by atoms with Gasteiger partial charge in [-0.25, -0.2) is 0 Å². The summed E-state index contributed by atoms with van der Waals surface area (Å²) in [6, 6.07) is 12.4. The largest absolute Gasteiger partial charge is 0.323 e.